The number of para-hydroxylation sites is 1. The molecule has 0 aromatic heterocycles. The van der Waals surface area contributed by atoms with Crippen LogP contribution >= 0.6 is 11.6 Å². The number of rotatable bonds is 9. The minimum Gasteiger partial charge on any atom is -0.359 e. The Morgan fingerprint density at radius 3 is 1.94 bits per heavy atom. The standard InChI is InChI=1S/C19H15ClN2O2.C6H14O2.C4H10/c20-19(18(24)22-15-9-5-2-6-10-15)11-12-21-16(13-19)17(23)14-7-3-1-4-8-14;1-4-7-6(3)8-5-2;1-3-4-2/h1-13,21H,(H,22,24);6H,4-5H2,1-3H3;3-4H2,1-2H3. The quantitative estimate of drug-likeness (QED) is 0.221. The summed E-state index contributed by atoms with van der Waals surface area (Å²) in [7, 11) is 0. The van der Waals surface area contributed by atoms with Crippen LogP contribution in [0.3, 0.4) is 0 Å². The van der Waals surface area contributed by atoms with Crippen LogP contribution in [-0.4, -0.2) is 36.1 Å². The number of hydrogen-bond donors (Lipinski definition) is 2. The number of dihydropyridines is 1. The number of anilines is 1. The van der Waals surface area contributed by atoms with Crippen LogP contribution in [0, 0.1) is 0 Å². The highest BCUT2D eigenvalue weighted by Gasteiger charge is 2.35. The van der Waals surface area contributed by atoms with Gasteiger partial charge in [-0.1, -0.05) is 86.8 Å². The second kappa shape index (κ2) is 17.5. The van der Waals surface area contributed by atoms with Gasteiger partial charge in [0.25, 0.3) is 5.91 Å². The average Bonchev–Trinajstić information content (AvgIpc) is 2.90. The third-order valence-corrected chi connectivity index (χ3v) is 5.29. The molecular formula is C29H39ClN2O4. The van der Waals surface area contributed by atoms with Gasteiger partial charge in [0, 0.05) is 24.5 Å². The van der Waals surface area contributed by atoms with Crippen LogP contribution < -0.4 is 10.6 Å². The number of amides is 1. The Kier molecular flexibility index (Phi) is 15.1. The molecule has 1 heterocycles. The lowest BCUT2D eigenvalue weighted by atomic mass is 9.99. The highest BCUT2D eigenvalue weighted by Crippen LogP contribution is 2.26. The molecule has 0 saturated heterocycles. The molecule has 2 aromatic carbocycles. The summed E-state index contributed by atoms with van der Waals surface area (Å²) in [5.74, 6) is -0.649. The van der Waals surface area contributed by atoms with Gasteiger partial charge >= 0.3 is 0 Å². The molecule has 1 amide bonds. The van der Waals surface area contributed by atoms with E-state index in [1.54, 1.807) is 36.4 Å². The number of unbranched alkanes of at least 4 members (excludes halogenated alkanes) is 1. The number of halogens is 1. The van der Waals surface area contributed by atoms with Crippen molar-refractivity contribution in [3.8, 4) is 0 Å². The zero-order valence-electron chi connectivity index (χ0n) is 21.9. The molecule has 0 fully saturated rings. The third kappa shape index (κ3) is 11.2. The molecule has 0 bridgehead atoms. The average molecular weight is 515 g/mol. The number of allylic oxidation sites excluding steroid dienone is 1. The first-order chi connectivity index (χ1) is 17.3. The summed E-state index contributed by atoms with van der Waals surface area (Å²) in [5, 5.41) is 5.60. The van der Waals surface area contributed by atoms with Gasteiger partial charge in [0.15, 0.2) is 11.2 Å². The first-order valence-corrected chi connectivity index (χ1v) is 12.7. The van der Waals surface area contributed by atoms with Crippen molar-refractivity contribution in [2.45, 2.75) is 58.6 Å². The monoisotopic (exact) mass is 514 g/mol. The van der Waals surface area contributed by atoms with Crippen LogP contribution in [0.2, 0.25) is 0 Å². The van der Waals surface area contributed by atoms with Gasteiger partial charge < -0.3 is 20.1 Å². The Balaban J connectivity index is 0.000000452. The molecule has 7 heteroatoms. The van der Waals surface area contributed by atoms with Crippen molar-refractivity contribution in [3.63, 3.8) is 0 Å². The lowest BCUT2D eigenvalue weighted by Crippen LogP contribution is -2.38. The second-order valence-corrected chi connectivity index (χ2v) is 8.42. The summed E-state index contributed by atoms with van der Waals surface area (Å²) >= 11 is 6.43. The van der Waals surface area contributed by atoms with Crippen molar-refractivity contribution >= 4 is 29.0 Å². The minimum absolute atomic E-state index is 0.0370. The van der Waals surface area contributed by atoms with E-state index in [0.717, 1.165) is 13.2 Å². The number of ketones is 1. The van der Waals surface area contributed by atoms with Crippen LogP contribution in [-0.2, 0) is 14.3 Å². The summed E-state index contributed by atoms with van der Waals surface area (Å²) in [6.45, 7) is 11.6. The molecule has 2 N–H and O–H groups in total. The molecule has 2 aromatic rings. The van der Waals surface area contributed by atoms with Crippen LogP contribution in [0.15, 0.2) is 84.7 Å². The Morgan fingerprint density at radius 1 is 0.917 bits per heavy atom. The Bertz CT molecular complexity index is 956. The topological polar surface area (TPSA) is 76.7 Å². The number of Topliss-reactive ketones (excluding diaryl/α,β-unsaturated/α-hetero) is 1. The van der Waals surface area contributed by atoms with E-state index >= 15 is 0 Å². The molecule has 6 nitrogen and oxygen atoms in total. The number of carbonyl (C=O) groups excluding carboxylic acids is 2. The summed E-state index contributed by atoms with van der Waals surface area (Å²) < 4.78 is 10.1. The van der Waals surface area contributed by atoms with E-state index < -0.39 is 10.8 Å². The molecule has 1 aliphatic rings. The summed E-state index contributed by atoms with van der Waals surface area (Å²) in [6, 6.07) is 17.8. The van der Waals surface area contributed by atoms with E-state index in [1.807, 2.05) is 45.0 Å². The van der Waals surface area contributed by atoms with Crippen molar-refractivity contribution in [1.82, 2.24) is 5.32 Å². The Morgan fingerprint density at radius 2 is 1.44 bits per heavy atom. The van der Waals surface area contributed by atoms with E-state index in [2.05, 4.69) is 24.5 Å². The van der Waals surface area contributed by atoms with Crippen molar-refractivity contribution in [2.24, 2.45) is 0 Å². The van der Waals surface area contributed by atoms with Crippen LogP contribution in [0.4, 0.5) is 5.69 Å². The van der Waals surface area contributed by atoms with Gasteiger partial charge in [-0.3, -0.25) is 9.59 Å². The van der Waals surface area contributed by atoms with E-state index in [1.165, 1.54) is 31.2 Å². The predicted molar refractivity (Wildman–Crippen MR) is 148 cm³/mol. The number of benzene rings is 2. The van der Waals surface area contributed by atoms with E-state index in [-0.39, 0.29) is 17.8 Å². The fourth-order valence-corrected chi connectivity index (χ4v) is 3.06. The summed E-state index contributed by atoms with van der Waals surface area (Å²) in [5.41, 5.74) is 1.43. The highest BCUT2D eigenvalue weighted by atomic mass is 35.5. The third-order valence-electron chi connectivity index (χ3n) is 4.88. The molecule has 1 unspecified atom stereocenters. The first-order valence-electron chi connectivity index (χ1n) is 12.4. The van der Waals surface area contributed by atoms with Gasteiger partial charge in [-0.15, -0.1) is 0 Å². The molecule has 0 saturated carbocycles. The smallest absolute Gasteiger partial charge is 0.253 e. The number of nitrogens with one attached hydrogen (secondary N) is 2. The van der Waals surface area contributed by atoms with Gasteiger partial charge in [0.1, 0.15) is 0 Å². The number of hydrogen-bond acceptors (Lipinski definition) is 5. The largest absolute Gasteiger partial charge is 0.359 e. The maximum Gasteiger partial charge on any atom is 0.253 e. The Hall–Kier alpha value is -2.93. The maximum atomic E-state index is 12.5. The van der Waals surface area contributed by atoms with E-state index in [0.29, 0.717) is 11.3 Å². The van der Waals surface area contributed by atoms with Gasteiger partial charge in [-0.05, 0) is 51.3 Å². The van der Waals surface area contributed by atoms with E-state index in [9.17, 15) is 9.59 Å². The van der Waals surface area contributed by atoms with Gasteiger partial charge in [-0.2, -0.15) is 0 Å². The normalized spacial score (nSPS) is 15.9. The highest BCUT2D eigenvalue weighted by molar-refractivity contribution is 6.40. The van der Waals surface area contributed by atoms with Crippen LogP contribution in [0.5, 0.6) is 0 Å². The van der Waals surface area contributed by atoms with E-state index in [4.69, 9.17) is 21.1 Å². The van der Waals surface area contributed by atoms with Crippen molar-refractivity contribution in [3.05, 3.63) is 90.3 Å². The number of carbonyl (C=O) groups is 2. The van der Waals surface area contributed by atoms with Crippen molar-refractivity contribution in [1.29, 1.82) is 0 Å². The van der Waals surface area contributed by atoms with Crippen LogP contribution in [0.1, 0.15) is 57.8 Å². The molecule has 0 spiro atoms. The zero-order valence-corrected chi connectivity index (χ0v) is 22.7. The SMILES string of the molecule is CCCC.CCOC(C)OCC.O=C(C1=CC(Cl)(C(=O)Nc2ccccc2)C=CN1)c1ccccc1. The maximum absolute atomic E-state index is 12.5. The van der Waals surface area contributed by atoms with Gasteiger partial charge in [0.2, 0.25) is 5.78 Å². The number of alkyl halides is 1. The molecule has 0 radical (unpaired) electrons. The molecule has 196 valence electrons. The molecule has 0 aliphatic carbocycles. The minimum atomic E-state index is -1.43. The number of ether oxygens (including phenoxy) is 2. The fraction of sp³-hybridized carbons (Fsp3) is 0.379. The first kappa shape index (κ1) is 31.1. The molecular weight excluding hydrogens is 476 g/mol. The predicted octanol–water partition coefficient (Wildman–Crippen LogP) is 6.70. The summed E-state index contributed by atoms with van der Waals surface area (Å²) in [6.07, 6.45) is 7.05. The van der Waals surface area contributed by atoms with Crippen molar-refractivity contribution < 1.29 is 19.1 Å². The zero-order chi connectivity index (χ0) is 26.8. The van der Waals surface area contributed by atoms with Gasteiger partial charge in [0.05, 0.1) is 5.70 Å². The molecule has 1 atom stereocenters. The van der Waals surface area contributed by atoms with Crippen molar-refractivity contribution in [2.75, 3.05) is 18.5 Å². The van der Waals surface area contributed by atoms with Crippen LogP contribution in [0.25, 0.3) is 0 Å². The molecule has 36 heavy (non-hydrogen) atoms. The lowest BCUT2D eigenvalue weighted by molar-refractivity contribution is -0.123. The second-order valence-electron chi connectivity index (χ2n) is 7.80. The lowest BCUT2D eigenvalue weighted by Gasteiger charge is -2.24. The van der Waals surface area contributed by atoms with Gasteiger partial charge in [-0.25, -0.2) is 0 Å². The Labute approximate surface area is 220 Å². The molecule has 3 rings (SSSR count). The fourth-order valence-electron chi connectivity index (χ4n) is 2.84. The summed E-state index contributed by atoms with van der Waals surface area (Å²) in [4.78, 5) is 23.6. The molecule has 1 aliphatic heterocycles.